The van der Waals surface area contributed by atoms with Gasteiger partial charge in [-0.3, -0.25) is 4.79 Å². The fourth-order valence-electron chi connectivity index (χ4n) is 3.74. The van der Waals surface area contributed by atoms with Crippen LogP contribution in [-0.2, 0) is 4.79 Å². The Labute approximate surface area is 116 Å². The van der Waals surface area contributed by atoms with Gasteiger partial charge in [0, 0.05) is 6.92 Å². The van der Waals surface area contributed by atoms with Crippen LogP contribution < -0.4 is 0 Å². The summed E-state index contributed by atoms with van der Waals surface area (Å²) in [6.45, 7) is 2.13. The van der Waals surface area contributed by atoms with E-state index in [1.165, 1.54) is 32.6 Å². The van der Waals surface area contributed by atoms with Gasteiger partial charge >= 0.3 is 0 Å². The van der Waals surface area contributed by atoms with Crippen LogP contribution in [0.1, 0.15) is 46.0 Å². The first-order chi connectivity index (χ1) is 8.79. The first-order valence-corrected chi connectivity index (χ1v) is 7.80. The summed E-state index contributed by atoms with van der Waals surface area (Å²) in [6.07, 6.45) is 5.80. The van der Waals surface area contributed by atoms with Gasteiger partial charge in [0.2, 0.25) is 0 Å². The van der Waals surface area contributed by atoms with Crippen molar-refractivity contribution >= 4 is 22.7 Å². The summed E-state index contributed by atoms with van der Waals surface area (Å²) >= 11 is 0.993. The zero-order chi connectivity index (χ0) is 13.8. The third kappa shape index (κ3) is 2.14. The van der Waals surface area contributed by atoms with Gasteiger partial charge in [0.05, 0.1) is 5.04 Å². The number of hydrogen-bond donors (Lipinski definition) is 0. The standard InChI is InChI=1S/C14H19F2NOS/c1-13(14(2,15)16)12(18)17-11(19-13)7-10-6-8-3-4-9(10)5-8/h8-10H,3-7H2,1-2H3/t8?,9?,10-,13?/m1/s1. The predicted molar refractivity (Wildman–Crippen MR) is 72.6 cm³/mol. The van der Waals surface area contributed by atoms with Crippen LogP contribution in [-0.4, -0.2) is 21.6 Å². The van der Waals surface area contributed by atoms with Crippen molar-refractivity contribution in [3.05, 3.63) is 0 Å². The lowest BCUT2D eigenvalue weighted by Crippen LogP contribution is -2.44. The van der Waals surface area contributed by atoms with Crippen LogP contribution in [0.25, 0.3) is 0 Å². The van der Waals surface area contributed by atoms with E-state index < -0.39 is 16.6 Å². The molecule has 0 aromatic rings. The summed E-state index contributed by atoms with van der Waals surface area (Å²) in [5.41, 5.74) is 0. The molecule has 0 radical (unpaired) electrons. The molecule has 1 aliphatic heterocycles. The molecular formula is C14H19F2NOS. The first kappa shape index (κ1) is 13.5. The van der Waals surface area contributed by atoms with Gasteiger partial charge in [-0.15, -0.1) is 0 Å². The van der Waals surface area contributed by atoms with Gasteiger partial charge in [-0.2, -0.15) is 0 Å². The van der Waals surface area contributed by atoms with Gasteiger partial charge in [-0.1, -0.05) is 18.2 Å². The fraction of sp³-hybridized carbons (Fsp3) is 0.857. The van der Waals surface area contributed by atoms with Crippen LogP contribution in [0.15, 0.2) is 4.99 Å². The highest BCUT2D eigenvalue weighted by molar-refractivity contribution is 8.16. The van der Waals surface area contributed by atoms with Crippen LogP contribution >= 0.6 is 11.8 Å². The summed E-state index contributed by atoms with van der Waals surface area (Å²) in [5, 5.41) is 0.631. The third-order valence-electron chi connectivity index (χ3n) is 5.12. The second kappa shape index (κ2) is 4.27. The van der Waals surface area contributed by atoms with E-state index in [2.05, 4.69) is 4.99 Å². The van der Waals surface area contributed by atoms with Crippen LogP contribution in [0.3, 0.4) is 0 Å². The summed E-state index contributed by atoms with van der Waals surface area (Å²) in [6, 6.07) is 0. The van der Waals surface area contributed by atoms with Crippen molar-refractivity contribution in [3.63, 3.8) is 0 Å². The Hall–Kier alpha value is -0.450. The summed E-state index contributed by atoms with van der Waals surface area (Å²) in [5.74, 6) is -1.57. The van der Waals surface area contributed by atoms with Crippen molar-refractivity contribution in [3.8, 4) is 0 Å². The monoisotopic (exact) mass is 287 g/mol. The SMILES string of the molecule is CC(F)(F)C1(C)SC(C[C@H]2CC3CCC2C3)=NC1=O. The van der Waals surface area contributed by atoms with Crippen molar-refractivity contribution in [2.75, 3.05) is 0 Å². The molecule has 2 bridgehead atoms. The Balaban J connectivity index is 1.68. The number of nitrogens with zero attached hydrogens (tertiary/aromatic N) is 1. The van der Waals surface area contributed by atoms with E-state index in [9.17, 15) is 13.6 Å². The Morgan fingerprint density at radius 1 is 1.42 bits per heavy atom. The average molecular weight is 287 g/mol. The summed E-state index contributed by atoms with van der Waals surface area (Å²) < 4.78 is 25.5. The second-order valence-corrected chi connectivity index (χ2v) is 7.97. The topological polar surface area (TPSA) is 29.4 Å². The normalized spacial score (nSPS) is 42.0. The van der Waals surface area contributed by atoms with E-state index in [-0.39, 0.29) is 0 Å². The number of amides is 1. The highest BCUT2D eigenvalue weighted by Gasteiger charge is 2.57. The number of carbonyl (C=O) groups excluding carboxylic acids is 1. The first-order valence-electron chi connectivity index (χ1n) is 6.98. The number of carbonyl (C=O) groups is 1. The molecule has 2 aliphatic carbocycles. The minimum Gasteiger partial charge on any atom is -0.271 e. The van der Waals surface area contributed by atoms with E-state index in [0.29, 0.717) is 11.0 Å². The largest absolute Gasteiger partial charge is 0.271 e. The van der Waals surface area contributed by atoms with Crippen molar-refractivity contribution in [1.29, 1.82) is 0 Å². The van der Waals surface area contributed by atoms with E-state index in [1.807, 2.05) is 0 Å². The van der Waals surface area contributed by atoms with Crippen molar-refractivity contribution < 1.29 is 13.6 Å². The van der Waals surface area contributed by atoms with Gasteiger partial charge in [-0.25, -0.2) is 13.8 Å². The molecule has 2 fully saturated rings. The number of rotatable bonds is 3. The number of alkyl halides is 2. The molecule has 5 heteroatoms. The minimum atomic E-state index is -3.03. The van der Waals surface area contributed by atoms with Gasteiger partial charge in [0.1, 0.15) is 0 Å². The van der Waals surface area contributed by atoms with Gasteiger partial charge in [0.25, 0.3) is 11.8 Å². The molecule has 2 nitrogen and oxygen atoms in total. The van der Waals surface area contributed by atoms with Gasteiger partial charge in [0.15, 0.2) is 4.75 Å². The Kier molecular flexibility index (Phi) is 3.04. The molecule has 106 valence electrons. The highest BCUT2D eigenvalue weighted by Crippen LogP contribution is 2.52. The minimum absolute atomic E-state index is 0.561. The maximum Gasteiger partial charge on any atom is 0.268 e. The molecule has 0 aromatic heterocycles. The lowest BCUT2D eigenvalue weighted by atomic mass is 9.87. The lowest BCUT2D eigenvalue weighted by molar-refractivity contribution is -0.128. The van der Waals surface area contributed by atoms with E-state index in [0.717, 1.165) is 36.9 Å². The van der Waals surface area contributed by atoms with Crippen molar-refractivity contribution in [2.45, 2.75) is 56.6 Å². The molecule has 0 N–H and O–H groups in total. The maximum atomic E-state index is 13.6. The van der Waals surface area contributed by atoms with E-state index in [1.54, 1.807) is 0 Å². The van der Waals surface area contributed by atoms with Crippen molar-refractivity contribution in [2.24, 2.45) is 22.7 Å². The van der Waals surface area contributed by atoms with Gasteiger partial charge < -0.3 is 0 Å². The molecular weight excluding hydrogens is 268 g/mol. The van der Waals surface area contributed by atoms with Crippen LogP contribution in [0, 0.1) is 17.8 Å². The quantitative estimate of drug-likeness (QED) is 0.788. The predicted octanol–water partition coefficient (Wildman–Crippen LogP) is 3.90. The molecule has 1 amide bonds. The Morgan fingerprint density at radius 3 is 2.63 bits per heavy atom. The molecule has 2 saturated carbocycles. The van der Waals surface area contributed by atoms with Crippen LogP contribution in [0.5, 0.6) is 0 Å². The molecule has 3 unspecified atom stereocenters. The number of hydrogen-bond acceptors (Lipinski definition) is 2. The number of halogens is 2. The molecule has 0 aromatic carbocycles. The molecule has 1 heterocycles. The zero-order valence-corrected chi connectivity index (χ0v) is 12.1. The Bertz CT molecular complexity index is 445. The lowest BCUT2D eigenvalue weighted by Gasteiger charge is -2.27. The molecule has 19 heavy (non-hydrogen) atoms. The molecule has 3 rings (SSSR count). The number of thioether (sulfide) groups is 1. The average Bonchev–Trinajstić information content (AvgIpc) is 2.94. The smallest absolute Gasteiger partial charge is 0.268 e. The fourth-order valence-corrected chi connectivity index (χ4v) is 4.95. The third-order valence-corrected chi connectivity index (χ3v) is 6.55. The van der Waals surface area contributed by atoms with Crippen LogP contribution in [0.2, 0.25) is 0 Å². The maximum absolute atomic E-state index is 13.6. The molecule has 4 atom stereocenters. The summed E-state index contributed by atoms with van der Waals surface area (Å²) in [4.78, 5) is 15.7. The number of fused-ring (bicyclic) bond motifs is 2. The highest BCUT2D eigenvalue weighted by atomic mass is 32.2. The van der Waals surface area contributed by atoms with E-state index >= 15 is 0 Å². The van der Waals surface area contributed by atoms with Crippen molar-refractivity contribution in [1.82, 2.24) is 0 Å². The van der Waals surface area contributed by atoms with E-state index in [4.69, 9.17) is 0 Å². The number of aliphatic imine (C=N–C) groups is 1. The zero-order valence-electron chi connectivity index (χ0n) is 11.3. The second-order valence-electron chi connectivity index (χ2n) is 6.47. The molecule has 0 saturated heterocycles. The molecule has 0 spiro atoms. The molecule has 3 aliphatic rings. The summed E-state index contributed by atoms with van der Waals surface area (Å²) in [7, 11) is 0. The Morgan fingerprint density at radius 2 is 2.16 bits per heavy atom. The van der Waals surface area contributed by atoms with Crippen LogP contribution in [0.4, 0.5) is 8.78 Å². The van der Waals surface area contributed by atoms with Gasteiger partial charge in [-0.05, 0) is 50.4 Å².